The average Bonchev–Trinajstić information content (AvgIpc) is 2.42. The number of nitrogens with one attached hydrogen (secondary N) is 2. The largest absolute Gasteiger partial charge is 0.334 e. The van der Waals surface area contributed by atoms with Gasteiger partial charge in [0, 0.05) is 11.6 Å². The van der Waals surface area contributed by atoms with Gasteiger partial charge in [0.25, 0.3) is 0 Å². The minimum atomic E-state index is -0.389. The van der Waals surface area contributed by atoms with Gasteiger partial charge >= 0.3 is 6.03 Å². The zero-order valence-corrected chi connectivity index (χ0v) is 12.6. The number of amides is 2. The lowest BCUT2D eigenvalue weighted by Gasteiger charge is -2.11. The number of rotatable bonds is 3. The fraction of sp³-hybridized carbons (Fsp3) is 0.0714. The van der Waals surface area contributed by atoms with Crippen LogP contribution in [0.15, 0.2) is 42.5 Å². The first kappa shape index (κ1) is 15.0. The Hall–Kier alpha value is -1.42. The van der Waals surface area contributed by atoms with E-state index in [0.29, 0.717) is 17.3 Å². The van der Waals surface area contributed by atoms with Crippen molar-refractivity contribution >= 4 is 46.5 Å². The summed E-state index contributed by atoms with van der Waals surface area (Å²) in [6, 6.07) is 12.2. The highest BCUT2D eigenvalue weighted by atomic mass is 35.5. The van der Waals surface area contributed by atoms with Gasteiger partial charge in [-0.05, 0) is 17.7 Å². The van der Waals surface area contributed by atoms with E-state index in [1.807, 2.05) is 30.3 Å². The summed E-state index contributed by atoms with van der Waals surface area (Å²) in [6.45, 7) is 0.412. The Kier molecular flexibility index (Phi) is 5.12. The van der Waals surface area contributed by atoms with Gasteiger partial charge in [-0.2, -0.15) is 0 Å². The van der Waals surface area contributed by atoms with Crippen LogP contribution >= 0.6 is 34.8 Å². The molecule has 0 aliphatic heterocycles. The van der Waals surface area contributed by atoms with Gasteiger partial charge in [0.2, 0.25) is 0 Å². The summed E-state index contributed by atoms with van der Waals surface area (Å²) < 4.78 is 0. The molecule has 0 aromatic heterocycles. The standard InChI is InChI=1S/C14H11Cl3N2O/c15-10-6-11(16)13(12(17)7-10)19-14(20)18-8-9-4-2-1-3-5-9/h1-7H,8H2,(H2,18,19,20). The first-order valence-electron chi connectivity index (χ1n) is 5.79. The topological polar surface area (TPSA) is 41.1 Å². The second-order valence-corrected chi connectivity index (χ2v) is 5.29. The maximum absolute atomic E-state index is 11.8. The number of anilines is 1. The van der Waals surface area contributed by atoms with Crippen LogP contribution in [0.25, 0.3) is 0 Å². The number of benzene rings is 2. The molecule has 2 aromatic rings. The zero-order valence-electron chi connectivity index (χ0n) is 10.3. The monoisotopic (exact) mass is 328 g/mol. The molecule has 2 N–H and O–H groups in total. The van der Waals surface area contributed by atoms with Crippen molar-refractivity contribution < 1.29 is 4.79 Å². The van der Waals surface area contributed by atoms with E-state index in [0.717, 1.165) is 5.56 Å². The second kappa shape index (κ2) is 6.84. The number of carbonyl (C=O) groups excluding carboxylic acids is 1. The summed E-state index contributed by atoms with van der Waals surface area (Å²) in [5.41, 5.74) is 1.33. The Balaban J connectivity index is 1.98. The van der Waals surface area contributed by atoms with Crippen molar-refractivity contribution in [3.8, 4) is 0 Å². The quantitative estimate of drug-likeness (QED) is 0.820. The van der Waals surface area contributed by atoms with Crippen LogP contribution in [0.4, 0.5) is 10.5 Å². The van der Waals surface area contributed by atoms with E-state index in [1.54, 1.807) is 0 Å². The van der Waals surface area contributed by atoms with E-state index in [9.17, 15) is 4.79 Å². The van der Waals surface area contributed by atoms with Crippen molar-refractivity contribution in [2.45, 2.75) is 6.54 Å². The lowest BCUT2D eigenvalue weighted by atomic mass is 10.2. The van der Waals surface area contributed by atoms with Gasteiger partial charge < -0.3 is 10.6 Å². The van der Waals surface area contributed by atoms with Crippen LogP contribution in [0, 0.1) is 0 Å². The molecular weight excluding hydrogens is 319 g/mol. The number of halogens is 3. The third-order valence-corrected chi connectivity index (χ3v) is 3.36. The first-order valence-corrected chi connectivity index (χ1v) is 6.93. The van der Waals surface area contributed by atoms with E-state index >= 15 is 0 Å². The molecule has 0 atom stereocenters. The molecule has 0 fully saturated rings. The highest BCUT2D eigenvalue weighted by Crippen LogP contribution is 2.33. The lowest BCUT2D eigenvalue weighted by Crippen LogP contribution is -2.28. The lowest BCUT2D eigenvalue weighted by molar-refractivity contribution is 0.251. The van der Waals surface area contributed by atoms with Gasteiger partial charge in [-0.25, -0.2) is 4.79 Å². The number of hydrogen-bond acceptors (Lipinski definition) is 1. The number of urea groups is 1. The molecule has 0 radical (unpaired) electrons. The van der Waals surface area contributed by atoms with Gasteiger partial charge in [0.1, 0.15) is 0 Å². The van der Waals surface area contributed by atoms with Crippen LogP contribution in [-0.2, 0) is 6.54 Å². The van der Waals surface area contributed by atoms with Gasteiger partial charge in [-0.15, -0.1) is 0 Å². The number of carbonyl (C=O) groups is 1. The molecule has 2 aromatic carbocycles. The Labute approximate surface area is 131 Å². The van der Waals surface area contributed by atoms with Crippen molar-refractivity contribution in [1.29, 1.82) is 0 Å². The minimum absolute atomic E-state index is 0.289. The summed E-state index contributed by atoms with van der Waals surface area (Å²) in [4.78, 5) is 11.8. The van der Waals surface area contributed by atoms with E-state index < -0.39 is 0 Å². The van der Waals surface area contributed by atoms with E-state index in [-0.39, 0.29) is 16.1 Å². The summed E-state index contributed by atoms with van der Waals surface area (Å²) in [5, 5.41) is 6.31. The molecule has 2 amide bonds. The zero-order chi connectivity index (χ0) is 14.5. The third-order valence-electron chi connectivity index (χ3n) is 2.54. The number of hydrogen-bond donors (Lipinski definition) is 2. The van der Waals surface area contributed by atoms with Crippen LogP contribution in [0.1, 0.15) is 5.56 Å². The average molecular weight is 330 g/mol. The molecule has 0 aliphatic rings. The highest BCUT2D eigenvalue weighted by Gasteiger charge is 2.10. The molecule has 0 heterocycles. The van der Waals surface area contributed by atoms with Crippen molar-refractivity contribution in [2.24, 2.45) is 0 Å². The molecule has 0 bridgehead atoms. The predicted octanol–water partition coefficient (Wildman–Crippen LogP) is 4.97. The fourth-order valence-electron chi connectivity index (χ4n) is 1.60. The smallest absolute Gasteiger partial charge is 0.319 e. The third kappa shape index (κ3) is 4.04. The van der Waals surface area contributed by atoms with Gasteiger partial charge in [-0.3, -0.25) is 0 Å². The second-order valence-electron chi connectivity index (χ2n) is 4.04. The molecule has 0 aliphatic carbocycles. The van der Waals surface area contributed by atoms with Crippen molar-refractivity contribution in [3.63, 3.8) is 0 Å². The molecule has 0 saturated heterocycles. The summed E-state index contributed by atoms with van der Waals surface area (Å²) in [6.07, 6.45) is 0. The van der Waals surface area contributed by atoms with Crippen LogP contribution < -0.4 is 10.6 Å². The molecule has 6 heteroatoms. The van der Waals surface area contributed by atoms with Crippen LogP contribution in [0.2, 0.25) is 15.1 Å². The molecule has 20 heavy (non-hydrogen) atoms. The fourth-order valence-corrected chi connectivity index (χ4v) is 2.51. The molecule has 0 unspecified atom stereocenters. The van der Waals surface area contributed by atoms with E-state index in [1.165, 1.54) is 12.1 Å². The van der Waals surface area contributed by atoms with Gasteiger partial charge in [-0.1, -0.05) is 65.1 Å². The maximum atomic E-state index is 11.8. The van der Waals surface area contributed by atoms with Crippen molar-refractivity contribution in [2.75, 3.05) is 5.32 Å². The summed E-state index contributed by atoms with van der Waals surface area (Å²) in [5.74, 6) is 0. The van der Waals surface area contributed by atoms with E-state index in [4.69, 9.17) is 34.8 Å². The Morgan fingerprint density at radius 1 is 1.00 bits per heavy atom. The van der Waals surface area contributed by atoms with Gasteiger partial charge in [0.05, 0.1) is 15.7 Å². The minimum Gasteiger partial charge on any atom is -0.334 e. The molecule has 104 valence electrons. The normalized spacial score (nSPS) is 10.2. The first-order chi connectivity index (χ1) is 9.56. The molecular formula is C14H11Cl3N2O. The van der Waals surface area contributed by atoms with E-state index in [2.05, 4.69) is 10.6 Å². The molecule has 0 spiro atoms. The van der Waals surface area contributed by atoms with Gasteiger partial charge in [0.15, 0.2) is 0 Å². The SMILES string of the molecule is O=C(NCc1ccccc1)Nc1c(Cl)cc(Cl)cc1Cl. The van der Waals surface area contributed by atoms with Crippen molar-refractivity contribution in [3.05, 3.63) is 63.1 Å². The predicted molar refractivity (Wildman–Crippen MR) is 83.8 cm³/mol. The maximum Gasteiger partial charge on any atom is 0.319 e. The highest BCUT2D eigenvalue weighted by molar-refractivity contribution is 6.42. The van der Waals surface area contributed by atoms with Crippen LogP contribution in [-0.4, -0.2) is 6.03 Å². The Bertz CT molecular complexity index is 594. The molecule has 0 saturated carbocycles. The Morgan fingerprint density at radius 3 is 2.20 bits per heavy atom. The van der Waals surface area contributed by atoms with Crippen LogP contribution in [0.5, 0.6) is 0 Å². The van der Waals surface area contributed by atoms with Crippen LogP contribution in [0.3, 0.4) is 0 Å². The molecule has 2 rings (SSSR count). The summed E-state index contributed by atoms with van der Waals surface area (Å²) in [7, 11) is 0. The Morgan fingerprint density at radius 2 is 1.60 bits per heavy atom. The molecule has 3 nitrogen and oxygen atoms in total. The van der Waals surface area contributed by atoms with Crippen molar-refractivity contribution in [1.82, 2.24) is 5.32 Å². The summed E-state index contributed by atoms with van der Waals surface area (Å²) >= 11 is 17.8.